The molecule has 0 spiro atoms. The lowest BCUT2D eigenvalue weighted by Gasteiger charge is -2.22. The highest BCUT2D eigenvalue weighted by Gasteiger charge is 2.28. The van der Waals surface area contributed by atoms with Gasteiger partial charge in [0.05, 0.1) is 9.85 Å². The monoisotopic (exact) mass is 457 g/mol. The number of nitrogens with zero attached hydrogens (tertiary/aromatic N) is 5. The number of halogens is 1. The van der Waals surface area contributed by atoms with E-state index in [9.17, 15) is 25.0 Å². The van der Waals surface area contributed by atoms with Gasteiger partial charge in [0.25, 0.3) is 11.6 Å². The fourth-order valence-corrected chi connectivity index (χ4v) is 3.06. The first-order valence-electron chi connectivity index (χ1n) is 9.15. The number of para-hydroxylation sites is 1. The summed E-state index contributed by atoms with van der Waals surface area (Å²) in [4.78, 5) is 43.4. The van der Waals surface area contributed by atoms with E-state index in [2.05, 4.69) is 20.8 Å². The summed E-state index contributed by atoms with van der Waals surface area (Å²) >= 11 is 5.75. The van der Waals surface area contributed by atoms with Crippen LogP contribution in [-0.4, -0.2) is 32.3 Å². The second kappa shape index (κ2) is 9.66. The van der Waals surface area contributed by atoms with Crippen molar-refractivity contribution in [3.63, 3.8) is 0 Å². The zero-order valence-electron chi connectivity index (χ0n) is 16.6. The van der Waals surface area contributed by atoms with Gasteiger partial charge < -0.3 is 4.90 Å². The van der Waals surface area contributed by atoms with Crippen molar-refractivity contribution >= 4 is 46.2 Å². The molecule has 0 aliphatic rings. The number of rotatable bonds is 8. The van der Waals surface area contributed by atoms with Gasteiger partial charge in [0.1, 0.15) is 11.3 Å². The molecule has 3 rings (SSSR count). The zero-order valence-corrected chi connectivity index (χ0v) is 17.3. The number of nitrogens with one attached hydrogen (secondary N) is 2. The normalized spacial score (nSPS) is 10.3. The summed E-state index contributed by atoms with van der Waals surface area (Å²) in [6.45, 7) is 2.18. The van der Waals surface area contributed by atoms with E-state index in [1.807, 2.05) is 6.07 Å². The van der Waals surface area contributed by atoms with Crippen LogP contribution in [0.1, 0.15) is 17.3 Å². The number of hydrogen-bond acceptors (Lipinski definition) is 9. The van der Waals surface area contributed by atoms with Crippen molar-refractivity contribution in [1.82, 2.24) is 15.4 Å². The van der Waals surface area contributed by atoms with Crippen LogP contribution in [-0.2, 0) is 0 Å². The molecular formula is C19H16ClN7O5. The van der Waals surface area contributed by atoms with E-state index in [0.717, 1.165) is 12.4 Å². The number of carbonyl (C=O) groups excluding carboxylic acids is 1. The maximum absolute atomic E-state index is 12.4. The third kappa shape index (κ3) is 4.70. The van der Waals surface area contributed by atoms with E-state index in [-0.39, 0.29) is 22.2 Å². The predicted molar refractivity (Wildman–Crippen MR) is 117 cm³/mol. The summed E-state index contributed by atoms with van der Waals surface area (Å²) in [6, 6.07) is 12.4. The van der Waals surface area contributed by atoms with Gasteiger partial charge in [0.15, 0.2) is 0 Å². The van der Waals surface area contributed by atoms with Crippen molar-refractivity contribution < 1.29 is 14.6 Å². The lowest BCUT2D eigenvalue weighted by molar-refractivity contribution is -0.384. The summed E-state index contributed by atoms with van der Waals surface area (Å²) in [5.41, 5.74) is 4.35. The molecule has 13 heteroatoms. The average molecular weight is 458 g/mol. The molecule has 32 heavy (non-hydrogen) atoms. The van der Waals surface area contributed by atoms with Crippen LogP contribution in [0.15, 0.2) is 54.9 Å². The molecule has 0 unspecified atom stereocenters. The Morgan fingerprint density at radius 3 is 2.44 bits per heavy atom. The number of aromatic nitrogens is 2. The quantitative estimate of drug-likeness (QED) is 0.378. The second-order valence-electron chi connectivity index (χ2n) is 6.23. The van der Waals surface area contributed by atoms with Crippen LogP contribution in [0.4, 0.5) is 28.7 Å². The minimum absolute atomic E-state index is 0.0255. The number of amides is 1. The Morgan fingerprint density at radius 2 is 1.81 bits per heavy atom. The fraction of sp³-hybridized carbons (Fsp3) is 0.105. The first kappa shape index (κ1) is 22.4. The summed E-state index contributed by atoms with van der Waals surface area (Å²) < 4.78 is 0. The van der Waals surface area contributed by atoms with Crippen LogP contribution < -0.4 is 15.8 Å². The summed E-state index contributed by atoms with van der Waals surface area (Å²) in [6.07, 6.45) is 1.12. The molecule has 164 valence electrons. The van der Waals surface area contributed by atoms with E-state index >= 15 is 0 Å². The molecule has 1 heterocycles. The number of carbonyl (C=O) groups is 1. The van der Waals surface area contributed by atoms with Crippen LogP contribution in [0, 0.1) is 20.2 Å². The molecule has 0 bridgehead atoms. The highest BCUT2D eigenvalue weighted by molar-refractivity contribution is 6.32. The Morgan fingerprint density at radius 1 is 1.09 bits per heavy atom. The Kier molecular flexibility index (Phi) is 6.75. The van der Waals surface area contributed by atoms with Crippen molar-refractivity contribution in [2.24, 2.45) is 0 Å². The van der Waals surface area contributed by atoms with Gasteiger partial charge in [-0.15, -0.1) is 0 Å². The molecule has 0 atom stereocenters. The minimum Gasteiger partial charge on any atom is -0.321 e. The molecule has 0 aliphatic carbocycles. The van der Waals surface area contributed by atoms with Gasteiger partial charge >= 0.3 is 5.69 Å². The smallest absolute Gasteiger partial charge is 0.321 e. The van der Waals surface area contributed by atoms with E-state index < -0.39 is 27.1 Å². The first-order chi connectivity index (χ1) is 15.3. The largest absolute Gasteiger partial charge is 0.355 e. The van der Waals surface area contributed by atoms with E-state index in [0.29, 0.717) is 12.2 Å². The number of nitro benzene ring substituents is 1. The van der Waals surface area contributed by atoms with E-state index in [4.69, 9.17) is 11.6 Å². The Bertz CT molecular complexity index is 1180. The third-order valence-corrected chi connectivity index (χ3v) is 4.64. The topological polar surface area (TPSA) is 156 Å². The number of benzene rings is 2. The van der Waals surface area contributed by atoms with Gasteiger partial charge in [-0.25, -0.2) is 9.97 Å². The SMILES string of the molecule is CCN(c1ccccc1)c1ncnc(NNC(=O)c2ccc(Cl)c([N+](=O)[O-])c2)c1[N+](=O)[O-]. The van der Waals surface area contributed by atoms with Gasteiger partial charge in [-0.1, -0.05) is 29.8 Å². The van der Waals surface area contributed by atoms with Crippen molar-refractivity contribution in [2.75, 3.05) is 16.9 Å². The molecule has 0 radical (unpaired) electrons. The summed E-state index contributed by atoms with van der Waals surface area (Å²) in [7, 11) is 0. The lowest BCUT2D eigenvalue weighted by Crippen LogP contribution is -2.30. The molecule has 0 saturated heterocycles. The van der Waals surface area contributed by atoms with Gasteiger partial charge in [-0.05, 0) is 31.2 Å². The Hall–Kier alpha value is -4.32. The maximum atomic E-state index is 12.4. The molecule has 2 aromatic carbocycles. The first-order valence-corrected chi connectivity index (χ1v) is 9.53. The number of nitro groups is 2. The van der Waals surface area contributed by atoms with Gasteiger partial charge in [0.2, 0.25) is 11.6 Å². The van der Waals surface area contributed by atoms with E-state index in [1.54, 1.807) is 36.1 Å². The molecule has 3 aromatic rings. The van der Waals surface area contributed by atoms with Crippen molar-refractivity contribution in [1.29, 1.82) is 0 Å². The maximum Gasteiger partial charge on any atom is 0.355 e. The van der Waals surface area contributed by atoms with Gasteiger partial charge in [0, 0.05) is 23.9 Å². The fourth-order valence-electron chi connectivity index (χ4n) is 2.87. The van der Waals surface area contributed by atoms with Crippen molar-refractivity contribution in [3.8, 4) is 0 Å². The van der Waals surface area contributed by atoms with Crippen LogP contribution in [0.5, 0.6) is 0 Å². The van der Waals surface area contributed by atoms with Gasteiger partial charge in [-0.2, -0.15) is 0 Å². The van der Waals surface area contributed by atoms with Crippen molar-refractivity contribution in [3.05, 3.63) is 85.7 Å². The number of hydrazine groups is 1. The lowest BCUT2D eigenvalue weighted by atomic mass is 10.2. The molecule has 1 amide bonds. The standard InChI is InChI=1S/C19H16ClN7O5/c1-2-25(13-6-4-3-5-7-13)18-16(27(31)32)17(21-11-22-18)23-24-19(28)12-8-9-14(20)15(10-12)26(29)30/h3-11H,2H2,1H3,(H,24,28)(H,21,22,23). The molecule has 0 fully saturated rings. The average Bonchev–Trinajstić information content (AvgIpc) is 2.78. The molecule has 2 N–H and O–H groups in total. The molecule has 0 aliphatic heterocycles. The van der Waals surface area contributed by atoms with Crippen LogP contribution >= 0.6 is 11.6 Å². The highest BCUT2D eigenvalue weighted by Crippen LogP contribution is 2.35. The summed E-state index contributed by atoms with van der Waals surface area (Å²) in [5.74, 6) is -1.02. The predicted octanol–water partition coefficient (Wildman–Crippen LogP) is 3.86. The molecule has 1 aromatic heterocycles. The van der Waals surface area contributed by atoms with Crippen LogP contribution in [0.25, 0.3) is 0 Å². The second-order valence-corrected chi connectivity index (χ2v) is 6.64. The van der Waals surface area contributed by atoms with Crippen molar-refractivity contribution in [2.45, 2.75) is 6.92 Å². The van der Waals surface area contributed by atoms with Crippen LogP contribution in [0.3, 0.4) is 0 Å². The Labute approximate surface area is 186 Å². The molecular weight excluding hydrogens is 442 g/mol. The zero-order chi connectivity index (χ0) is 23.3. The minimum atomic E-state index is -0.783. The number of anilines is 3. The van der Waals surface area contributed by atoms with Crippen LogP contribution in [0.2, 0.25) is 5.02 Å². The third-order valence-electron chi connectivity index (χ3n) is 4.32. The molecule has 12 nitrogen and oxygen atoms in total. The molecule has 0 saturated carbocycles. The summed E-state index contributed by atoms with van der Waals surface area (Å²) in [5, 5.41) is 22.7. The van der Waals surface area contributed by atoms with Gasteiger partial charge in [-0.3, -0.25) is 35.9 Å². The van der Waals surface area contributed by atoms with E-state index in [1.165, 1.54) is 12.1 Å². The number of hydrogen-bond donors (Lipinski definition) is 2. The Balaban J connectivity index is 1.90. The highest BCUT2D eigenvalue weighted by atomic mass is 35.5.